The van der Waals surface area contributed by atoms with Crippen molar-refractivity contribution in [2.24, 2.45) is 0 Å². The lowest BCUT2D eigenvalue weighted by molar-refractivity contribution is 0.398. The predicted molar refractivity (Wildman–Crippen MR) is 93.2 cm³/mol. The van der Waals surface area contributed by atoms with Gasteiger partial charge in [-0.3, -0.25) is 0 Å². The van der Waals surface area contributed by atoms with Gasteiger partial charge in [-0.05, 0) is 48.6 Å². The zero-order valence-corrected chi connectivity index (χ0v) is 15.0. The van der Waals surface area contributed by atoms with Gasteiger partial charge >= 0.3 is 0 Å². The van der Waals surface area contributed by atoms with Crippen molar-refractivity contribution in [3.63, 3.8) is 0 Å². The minimum absolute atomic E-state index is 0.0376. The highest BCUT2D eigenvalue weighted by atomic mass is 35.5. The average Bonchev–Trinajstić information content (AvgIpc) is 2.82. The summed E-state index contributed by atoms with van der Waals surface area (Å²) in [4.78, 5) is -0.869. The van der Waals surface area contributed by atoms with Crippen LogP contribution in [0.2, 0.25) is 5.02 Å². The summed E-state index contributed by atoms with van der Waals surface area (Å²) in [6, 6.07) is 10.3. The SMILES string of the molecule is O=S(=O)(c1c(F)cccc1F)N1CCCCC(c2ccc(Cl)cc2)C1. The molecule has 1 fully saturated rings. The summed E-state index contributed by atoms with van der Waals surface area (Å²) in [5.74, 6) is -2.16. The maximum absolute atomic E-state index is 14.0. The molecular formula is C18H18ClF2NO2S. The van der Waals surface area contributed by atoms with E-state index in [4.69, 9.17) is 11.6 Å². The van der Waals surface area contributed by atoms with Crippen molar-refractivity contribution in [3.05, 3.63) is 64.7 Å². The molecule has 3 rings (SSSR count). The van der Waals surface area contributed by atoms with E-state index in [0.717, 1.165) is 36.6 Å². The van der Waals surface area contributed by atoms with E-state index in [1.54, 1.807) is 12.1 Å². The zero-order valence-electron chi connectivity index (χ0n) is 13.5. The van der Waals surface area contributed by atoms with E-state index in [9.17, 15) is 17.2 Å². The molecule has 134 valence electrons. The van der Waals surface area contributed by atoms with Gasteiger partial charge in [0.15, 0.2) is 4.90 Å². The van der Waals surface area contributed by atoms with Crippen molar-refractivity contribution < 1.29 is 17.2 Å². The third-order valence-electron chi connectivity index (χ3n) is 4.49. The van der Waals surface area contributed by atoms with E-state index in [2.05, 4.69) is 0 Å². The first-order valence-corrected chi connectivity index (χ1v) is 9.91. The van der Waals surface area contributed by atoms with Crippen LogP contribution in [0.4, 0.5) is 8.78 Å². The molecule has 0 amide bonds. The third kappa shape index (κ3) is 3.86. The fourth-order valence-electron chi connectivity index (χ4n) is 3.19. The second-order valence-electron chi connectivity index (χ2n) is 6.16. The number of rotatable bonds is 3. The lowest BCUT2D eigenvalue weighted by Gasteiger charge is -2.24. The Kier molecular flexibility index (Phi) is 5.41. The van der Waals surface area contributed by atoms with E-state index in [1.807, 2.05) is 12.1 Å². The molecular weight excluding hydrogens is 368 g/mol. The smallest absolute Gasteiger partial charge is 0.207 e. The molecule has 25 heavy (non-hydrogen) atoms. The van der Waals surface area contributed by atoms with Gasteiger partial charge < -0.3 is 0 Å². The first-order chi connectivity index (χ1) is 11.9. The highest BCUT2D eigenvalue weighted by molar-refractivity contribution is 7.89. The van der Waals surface area contributed by atoms with Crippen LogP contribution in [0.25, 0.3) is 0 Å². The van der Waals surface area contributed by atoms with Crippen LogP contribution in [-0.4, -0.2) is 25.8 Å². The Labute approximate surface area is 151 Å². The molecule has 0 bridgehead atoms. The van der Waals surface area contributed by atoms with E-state index < -0.39 is 26.6 Å². The van der Waals surface area contributed by atoms with Crippen LogP contribution in [-0.2, 0) is 10.0 Å². The minimum Gasteiger partial charge on any atom is -0.207 e. The Bertz CT molecular complexity index is 836. The number of hydrogen-bond acceptors (Lipinski definition) is 2. The van der Waals surface area contributed by atoms with Crippen molar-refractivity contribution in [1.29, 1.82) is 0 Å². The number of sulfonamides is 1. The van der Waals surface area contributed by atoms with Crippen LogP contribution in [0.15, 0.2) is 47.4 Å². The van der Waals surface area contributed by atoms with Crippen LogP contribution >= 0.6 is 11.6 Å². The van der Waals surface area contributed by atoms with Crippen molar-refractivity contribution in [2.75, 3.05) is 13.1 Å². The van der Waals surface area contributed by atoms with Crippen LogP contribution in [0.3, 0.4) is 0 Å². The Hall–Kier alpha value is -1.50. The maximum atomic E-state index is 14.0. The predicted octanol–water partition coefficient (Wildman–Crippen LogP) is 4.58. The van der Waals surface area contributed by atoms with Gasteiger partial charge in [0.2, 0.25) is 10.0 Å². The van der Waals surface area contributed by atoms with Gasteiger partial charge in [0.05, 0.1) is 0 Å². The molecule has 0 N–H and O–H groups in total. The molecule has 2 aromatic carbocycles. The second kappa shape index (κ2) is 7.40. The van der Waals surface area contributed by atoms with Crippen molar-refractivity contribution in [1.82, 2.24) is 4.31 Å². The van der Waals surface area contributed by atoms with Gasteiger partial charge in [-0.1, -0.05) is 36.2 Å². The van der Waals surface area contributed by atoms with E-state index in [0.29, 0.717) is 11.4 Å². The molecule has 1 heterocycles. The Morgan fingerprint density at radius 3 is 2.28 bits per heavy atom. The highest BCUT2D eigenvalue weighted by Gasteiger charge is 2.33. The summed E-state index contributed by atoms with van der Waals surface area (Å²) in [6.07, 6.45) is 2.31. The molecule has 0 radical (unpaired) electrons. The number of nitrogens with zero attached hydrogens (tertiary/aromatic N) is 1. The number of halogens is 3. The van der Waals surface area contributed by atoms with Gasteiger partial charge in [-0.25, -0.2) is 17.2 Å². The molecule has 1 unspecified atom stereocenters. The molecule has 0 aromatic heterocycles. The summed E-state index contributed by atoms with van der Waals surface area (Å²) in [7, 11) is -4.24. The van der Waals surface area contributed by atoms with Gasteiger partial charge in [0.1, 0.15) is 11.6 Å². The molecule has 7 heteroatoms. The highest BCUT2D eigenvalue weighted by Crippen LogP contribution is 2.31. The summed E-state index contributed by atoms with van der Waals surface area (Å²) in [5, 5.41) is 0.607. The molecule has 1 aliphatic rings. The second-order valence-corrected chi connectivity index (χ2v) is 8.47. The molecule has 3 nitrogen and oxygen atoms in total. The standard InChI is InChI=1S/C18H18ClF2NO2S/c19-15-9-7-13(8-10-15)14-4-1-2-11-22(12-14)25(23,24)18-16(20)5-3-6-17(18)21/h3,5-10,14H,1-2,4,11-12H2. The Morgan fingerprint density at radius 1 is 1.00 bits per heavy atom. The molecule has 1 aliphatic heterocycles. The summed E-state index contributed by atoms with van der Waals surface area (Å²) in [6.45, 7) is 0.442. The molecule has 1 atom stereocenters. The van der Waals surface area contributed by atoms with Crippen LogP contribution in [0.5, 0.6) is 0 Å². The summed E-state index contributed by atoms with van der Waals surface area (Å²) in [5.41, 5.74) is 0.973. The molecule has 0 saturated carbocycles. The quantitative estimate of drug-likeness (QED) is 0.775. The van der Waals surface area contributed by atoms with E-state index >= 15 is 0 Å². The van der Waals surface area contributed by atoms with E-state index in [1.165, 1.54) is 4.31 Å². The summed E-state index contributed by atoms with van der Waals surface area (Å²) >= 11 is 5.91. The van der Waals surface area contributed by atoms with Crippen molar-refractivity contribution in [2.45, 2.75) is 30.1 Å². The van der Waals surface area contributed by atoms with Gasteiger partial charge in [0.25, 0.3) is 0 Å². The van der Waals surface area contributed by atoms with Crippen LogP contribution in [0, 0.1) is 11.6 Å². The third-order valence-corrected chi connectivity index (χ3v) is 6.66. The Morgan fingerprint density at radius 2 is 1.64 bits per heavy atom. The number of benzene rings is 2. The summed E-state index contributed by atoms with van der Waals surface area (Å²) < 4.78 is 54.9. The van der Waals surface area contributed by atoms with Gasteiger partial charge in [-0.15, -0.1) is 0 Å². The first kappa shape index (κ1) is 18.3. The monoisotopic (exact) mass is 385 g/mol. The lowest BCUT2D eigenvalue weighted by atomic mass is 9.95. The number of hydrogen-bond donors (Lipinski definition) is 0. The molecule has 1 saturated heterocycles. The molecule has 2 aromatic rings. The minimum atomic E-state index is -4.24. The zero-order chi connectivity index (χ0) is 18.0. The average molecular weight is 386 g/mol. The normalized spacial score (nSPS) is 19.6. The fourth-order valence-corrected chi connectivity index (χ4v) is 4.95. The van der Waals surface area contributed by atoms with Crippen LogP contribution < -0.4 is 0 Å². The molecule has 0 aliphatic carbocycles. The van der Waals surface area contributed by atoms with E-state index in [-0.39, 0.29) is 19.0 Å². The van der Waals surface area contributed by atoms with Gasteiger partial charge in [0, 0.05) is 18.1 Å². The van der Waals surface area contributed by atoms with Crippen LogP contribution in [0.1, 0.15) is 30.7 Å². The topological polar surface area (TPSA) is 37.4 Å². The maximum Gasteiger partial charge on any atom is 0.248 e. The lowest BCUT2D eigenvalue weighted by Crippen LogP contribution is -2.35. The first-order valence-electron chi connectivity index (χ1n) is 8.09. The molecule has 0 spiro atoms. The Balaban J connectivity index is 1.94. The fraction of sp³-hybridized carbons (Fsp3) is 0.333. The van der Waals surface area contributed by atoms with Gasteiger partial charge in [-0.2, -0.15) is 4.31 Å². The van der Waals surface area contributed by atoms with Crippen molar-refractivity contribution >= 4 is 21.6 Å². The van der Waals surface area contributed by atoms with Crippen molar-refractivity contribution in [3.8, 4) is 0 Å². The largest absolute Gasteiger partial charge is 0.248 e.